The average Bonchev–Trinajstić information content (AvgIpc) is 3.39. The topological polar surface area (TPSA) is 46.6 Å². The third kappa shape index (κ3) is 3.18. The number of anilines is 1. The highest BCUT2D eigenvalue weighted by molar-refractivity contribution is 6.36. The van der Waals surface area contributed by atoms with Crippen LogP contribution in [0.15, 0.2) is 36.7 Å². The highest BCUT2D eigenvalue weighted by atomic mass is 35.5. The van der Waals surface area contributed by atoms with Gasteiger partial charge in [-0.2, -0.15) is 0 Å². The fraction of sp³-hybridized carbons (Fsp3) is 0.350. The van der Waals surface area contributed by atoms with Crippen LogP contribution in [0, 0.1) is 0 Å². The van der Waals surface area contributed by atoms with E-state index in [1.807, 2.05) is 18.3 Å². The standard InChI is InChI=1S/C20H22Cl2N4/c1-2-7-25(15-4-5-15)20-11-24-19-8-13(10-23)17(12-26(19)20)16-6-3-14(21)9-18(16)22/h3,6,8-9,11-12,15H,2,4-5,7,10,23H2,1H3. The number of nitrogens with two attached hydrogens (primary N) is 1. The summed E-state index contributed by atoms with van der Waals surface area (Å²) in [5.41, 5.74) is 9.91. The zero-order valence-electron chi connectivity index (χ0n) is 14.8. The Morgan fingerprint density at radius 1 is 1.23 bits per heavy atom. The van der Waals surface area contributed by atoms with Gasteiger partial charge in [-0.1, -0.05) is 36.2 Å². The Hall–Kier alpha value is -1.75. The molecular formula is C20H22Cl2N4. The Bertz CT molecular complexity index is 946. The van der Waals surface area contributed by atoms with Crippen molar-refractivity contribution in [3.63, 3.8) is 0 Å². The molecule has 26 heavy (non-hydrogen) atoms. The van der Waals surface area contributed by atoms with Crippen LogP contribution in [0.4, 0.5) is 5.82 Å². The fourth-order valence-electron chi connectivity index (χ4n) is 3.49. The van der Waals surface area contributed by atoms with Crippen LogP contribution in [-0.4, -0.2) is 22.0 Å². The van der Waals surface area contributed by atoms with Crippen LogP contribution in [0.5, 0.6) is 0 Å². The molecule has 1 aliphatic carbocycles. The lowest BCUT2D eigenvalue weighted by atomic mass is 10.0. The Morgan fingerprint density at radius 3 is 2.69 bits per heavy atom. The Kier molecular flexibility index (Phi) is 4.82. The van der Waals surface area contributed by atoms with Gasteiger partial charge in [0.25, 0.3) is 0 Å². The van der Waals surface area contributed by atoms with Gasteiger partial charge in [-0.3, -0.25) is 4.40 Å². The van der Waals surface area contributed by atoms with Gasteiger partial charge in [0, 0.05) is 46.5 Å². The van der Waals surface area contributed by atoms with Crippen LogP contribution >= 0.6 is 23.2 Å². The van der Waals surface area contributed by atoms with E-state index in [4.69, 9.17) is 28.9 Å². The largest absolute Gasteiger partial charge is 0.353 e. The predicted octanol–water partition coefficient (Wildman–Crippen LogP) is 5.15. The summed E-state index contributed by atoms with van der Waals surface area (Å²) in [5, 5.41) is 1.25. The molecular weight excluding hydrogens is 367 g/mol. The number of imidazole rings is 1. The van der Waals surface area contributed by atoms with E-state index in [1.165, 1.54) is 12.8 Å². The van der Waals surface area contributed by atoms with Crippen LogP contribution < -0.4 is 10.6 Å². The number of nitrogens with zero attached hydrogens (tertiary/aromatic N) is 3. The predicted molar refractivity (Wildman–Crippen MR) is 109 cm³/mol. The summed E-state index contributed by atoms with van der Waals surface area (Å²) in [5.74, 6) is 1.14. The summed E-state index contributed by atoms with van der Waals surface area (Å²) in [6.45, 7) is 3.67. The van der Waals surface area contributed by atoms with Crippen LogP contribution in [0.2, 0.25) is 10.0 Å². The summed E-state index contributed by atoms with van der Waals surface area (Å²) < 4.78 is 2.16. The van der Waals surface area contributed by atoms with Crippen molar-refractivity contribution in [1.82, 2.24) is 9.38 Å². The second-order valence-electron chi connectivity index (χ2n) is 6.81. The normalized spacial score (nSPS) is 14.2. The molecule has 1 aromatic carbocycles. The maximum Gasteiger partial charge on any atom is 0.138 e. The first-order valence-corrected chi connectivity index (χ1v) is 9.80. The molecule has 0 bridgehead atoms. The number of hydrogen-bond acceptors (Lipinski definition) is 3. The maximum atomic E-state index is 6.47. The van der Waals surface area contributed by atoms with Gasteiger partial charge >= 0.3 is 0 Å². The SMILES string of the molecule is CCCN(c1cnc2cc(CN)c(-c3ccc(Cl)cc3Cl)cn12)C1CC1. The molecule has 1 saturated carbocycles. The monoisotopic (exact) mass is 388 g/mol. The van der Waals surface area contributed by atoms with Crippen LogP contribution in [0.3, 0.4) is 0 Å². The molecule has 0 atom stereocenters. The lowest BCUT2D eigenvalue weighted by Crippen LogP contribution is -2.27. The summed E-state index contributed by atoms with van der Waals surface area (Å²) in [6.07, 6.45) is 7.70. The number of benzene rings is 1. The van der Waals surface area contributed by atoms with Crippen molar-refractivity contribution in [1.29, 1.82) is 0 Å². The number of rotatable bonds is 6. The Labute approximate surface area is 163 Å². The average molecular weight is 389 g/mol. The van der Waals surface area contributed by atoms with E-state index in [0.717, 1.165) is 41.1 Å². The smallest absolute Gasteiger partial charge is 0.138 e. The second kappa shape index (κ2) is 7.10. The summed E-state index contributed by atoms with van der Waals surface area (Å²) in [6, 6.07) is 8.26. The van der Waals surface area contributed by atoms with E-state index in [2.05, 4.69) is 33.5 Å². The number of aromatic nitrogens is 2. The van der Waals surface area contributed by atoms with E-state index in [-0.39, 0.29) is 0 Å². The first-order chi connectivity index (χ1) is 12.6. The number of pyridine rings is 1. The molecule has 6 heteroatoms. The minimum atomic E-state index is 0.425. The molecule has 0 spiro atoms. The lowest BCUT2D eigenvalue weighted by molar-refractivity contribution is 0.746. The first-order valence-electron chi connectivity index (χ1n) is 9.04. The van der Waals surface area contributed by atoms with Gasteiger partial charge in [0.05, 0.1) is 6.20 Å². The number of fused-ring (bicyclic) bond motifs is 1. The minimum Gasteiger partial charge on any atom is -0.353 e. The van der Waals surface area contributed by atoms with Gasteiger partial charge in [-0.15, -0.1) is 0 Å². The molecule has 0 saturated heterocycles. The van der Waals surface area contributed by atoms with Gasteiger partial charge in [0.15, 0.2) is 0 Å². The molecule has 3 aromatic rings. The first kappa shape index (κ1) is 17.7. The van der Waals surface area contributed by atoms with E-state index in [1.54, 1.807) is 6.07 Å². The molecule has 0 radical (unpaired) electrons. The summed E-state index contributed by atoms with van der Waals surface area (Å²) >= 11 is 12.5. The molecule has 1 fully saturated rings. The number of hydrogen-bond donors (Lipinski definition) is 1. The second-order valence-corrected chi connectivity index (χ2v) is 7.65. The van der Waals surface area contributed by atoms with E-state index >= 15 is 0 Å². The minimum absolute atomic E-state index is 0.425. The van der Waals surface area contributed by atoms with Crippen molar-refractivity contribution in [2.45, 2.75) is 38.8 Å². The van der Waals surface area contributed by atoms with Crippen molar-refractivity contribution in [3.8, 4) is 11.1 Å². The van der Waals surface area contributed by atoms with E-state index in [9.17, 15) is 0 Å². The molecule has 0 unspecified atom stereocenters. The third-order valence-electron chi connectivity index (χ3n) is 4.90. The van der Waals surface area contributed by atoms with Crippen molar-refractivity contribution < 1.29 is 0 Å². The molecule has 2 aromatic heterocycles. The van der Waals surface area contributed by atoms with Gasteiger partial charge in [0.2, 0.25) is 0 Å². The summed E-state index contributed by atoms with van der Waals surface area (Å²) in [4.78, 5) is 7.09. The van der Waals surface area contributed by atoms with Crippen molar-refractivity contribution >= 4 is 34.7 Å². The van der Waals surface area contributed by atoms with Crippen molar-refractivity contribution in [2.75, 3.05) is 11.4 Å². The van der Waals surface area contributed by atoms with Crippen molar-refractivity contribution in [2.24, 2.45) is 5.73 Å². The highest BCUT2D eigenvalue weighted by Crippen LogP contribution is 2.36. The number of halogens is 2. The van der Waals surface area contributed by atoms with Gasteiger partial charge in [-0.05, 0) is 43.0 Å². The quantitative estimate of drug-likeness (QED) is 0.635. The van der Waals surface area contributed by atoms with Gasteiger partial charge in [0.1, 0.15) is 11.5 Å². The van der Waals surface area contributed by atoms with Crippen LogP contribution in [0.25, 0.3) is 16.8 Å². The molecule has 4 nitrogen and oxygen atoms in total. The molecule has 136 valence electrons. The molecule has 1 aliphatic rings. The fourth-order valence-corrected chi connectivity index (χ4v) is 4.00. The van der Waals surface area contributed by atoms with E-state index < -0.39 is 0 Å². The van der Waals surface area contributed by atoms with E-state index in [0.29, 0.717) is 22.6 Å². The molecule has 0 aliphatic heterocycles. The molecule has 2 N–H and O–H groups in total. The Balaban J connectivity index is 1.88. The zero-order chi connectivity index (χ0) is 18.3. The Morgan fingerprint density at radius 2 is 2.04 bits per heavy atom. The van der Waals surface area contributed by atoms with Crippen LogP contribution in [0.1, 0.15) is 31.7 Å². The molecule has 2 heterocycles. The van der Waals surface area contributed by atoms with Gasteiger partial charge < -0.3 is 10.6 Å². The van der Waals surface area contributed by atoms with Crippen LogP contribution in [-0.2, 0) is 6.54 Å². The molecule has 0 amide bonds. The highest BCUT2D eigenvalue weighted by Gasteiger charge is 2.30. The third-order valence-corrected chi connectivity index (χ3v) is 5.45. The zero-order valence-corrected chi connectivity index (χ0v) is 16.3. The summed E-state index contributed by atoms with van der Waals surface area (Å²) in [7, 11) is 0. The lowest BCUT2D eigenvalue weighted by Gasteiger charge is -2.23. The maximum absolute atomic E-state index is 6.47. The van der Waals surface area contributed by atoms with Gasteiger partial charge in [-0.25, -0.2) is 4.98 Å². The van der Waals surface area contributed by atoms with Crippen molar-refractivity contribution in [3.05, 3.63) is 52.3 Å². The molecule has 4 rings (SSSR count).